The summed E-state index contributed by atoms with van der Waals surface area (Å²) in [5.41, 5.74) is 0.451. The van der Waals surface area contributed by atoms with Gasteiger partial charge in [-0.05, 0) is 38.4 Å². The normalized spacial score (nSPS) is 17.0. The lowest BCUT2D eigenvalue weighted by Gasteiger charge is -2.36. The van der Waals surface area contributed by atoms with E-state index < -0.39 is 11.4 Å². The number of rotatable bonds is 5. The summed E-state index contributed by atoms with van der Waals surface area (Å²) in [6.07, 6.45) is 1.46. The molecule has 1 saturated heterocycles. The summed E-state index contributed by atoms with van der Waals surface area (Å²) in [5, 5.41) is 6.01. The predicted octanol–water partition coefficient (Wildman–Crippen LogP) is 0.987. The number of piperidine rings is 1. The highest BCUT2D eigenvalue weighted by molar-refractivity contribution is 5.90. The Balaban J connectivity index is 2.13. The van der Waals surface area contributed by atoms with Crippen LogP contribution in [-0.4, -0.2) is 38.1 Å². The average molecular weight is 290 g/mol. The number of amides is 1. The van der Waals surface area contributed by atoms with E-state index in [2.05, 4.69) is 10.6 Å². The third kappa shape index (κ3) is 3.61. The molecule has 1 amide bonds. The molecule has 0 aromatic heterocycles. The Kier molecular flexibility index (Phi) is 5.33. The molecule has 5 nitrogen and oxygen atoms in total. The third-order valence-corrected chi connectivity index (χ3v) is 3.92. The van der Waals surface area contributed by atoms with Crippen LogP contribution >= 0.6 is 0 Å². The first-order valence-corrected chi connectivity index (χ1v) is 7.39. The Morgan fingerprint density at radius 3 is 2.52 bits per heavy atom. The molecule has 0 spiro atoms. The van der Waals surface area contributed by atoms with E-state index in [0.29, 0.717) is 6.61 Å². The van der Waals surface area contributed by atoms with Crippen LogP contribution in [0.1, 0.15) is 25.3 Å². The van der Waals surface area contributed by atoms with Gasteiger partial charge in [-0.15, -0.1) is 0 Å². The van der Waals surface area contributed by atoms with Crippen LogP contribution in [0.15, 0.2) is 30.3 Å². The van der Waals surface area contributed by atoms with Gasteiger partial charge < -0.3 is 15.4 Å². The minimum atomic E-state index is -0.557. The van der Waals surface area contributed by atoms with Gasteiger partial charge >= 0.3 is 5.97 Å². The molecule has 1 heterocycles. The van der Waals surface area contributed by atoms with Crippen LogP contribution in [-0.2, 0) is 19.7 Å². The quantitative estimate of drug-likeness (QED) is 0.794. The SMILES string of the molecule is CCOC(=O)CNC(=O)C1(c2ccccc2)CCNCC1. The first-order valence-electron chi connectivity index (χ1n) is 7.39. The van der Waals surface area contributed by atoms with E-state index in [-0.39, 0.29) is 12.5 Å². The van der Waals surface area contributed by atoms with Crippen LogP contribution in [0, 0.1) is 0 Å². The monoisotopic (exact) mass is 290 g/mol. The van der Waals surface area contributed by atoms with Crippen molar-refractivity contribution in [2.75, 3.05) is 26.2 Å². The van der Waals surface area contributed by atoms with Crippen LogP contribution in [0.4, 0.5) is 0 Å². The molecule has 0 bridgehead atoms. The maximum absolute atomic E-state index is 12.7. The Morgan fingerprint density at radius 1 is 1.24 bits per heavy atom. The largest absolute Gasteiger partial charge is 0.465 e. The van der Waals surface area contributed by atoms with Gasteiger partial charge in [0, 0.05) is 0 Å². The molecular formula is C16H22N2O3. The highest BCUT2D eigenvalue weighted by atomic mass is 16.5. The summed E-state index contributed by atoms with van der Waals surface area (Å²) in [6, 6.07) is 9.79. The molecule has 0 atom stereocenters. The van der Waals surface area contributed by atoms with Crippen molar-refractivity contribution in [3.8, 4) is 0 Å². The smallest absolute Gasteiger partial charge is 0.325 e. The first kappa shape index (κ1) is 15.5. The minimum Gasteiger partial charge on any atom is -0.465 e. The summed E-state index contributed by atoms with van der Waals surface area (Å²) < 4.78 is 4.85. The van der Waals surface area contributed by atoms with Crippen LogP contribution in [0.25, 0.3) is 0 Å². The Morgan fingerprint density at radius 2 is 1.90 bits per heavy atom. The summed E-state index contributed by atoms with van der Waals surface area (Å²) in [6.45, 7) is 3.58. The van der Waals surface area contributed by atoms with Crippen LogP contribution < -0.4 is 10.6 Å². The lowest BCUT2D eigenvalue weighted by molar-refractivity contribution is -0.144. The van der Waals surface area contributed by atoms with Crippen LogP contribution in [0.2, 0.25) is 0 Å². The van der Waals surface area contributed by atoms with Crippen molar-refractivity contribution in [1.29, 1.82) is 0 Å². The molecule has 1 fully saturated rings. The number of carbonyl (C=O) groups excluding carboxylic acids is 2. The van der Waals surface area contributed by atoms with Gasteiger partial charge in [0.25, 0.3) is 0 Å². The van der Waals surface area contributed by atoms with Gasteiger partial charge in [0.1, 0.15) is 6.54 Å². The number of benzene rings is 1. The highest BCUT2D eigenvalue weighted by Gasteiger charge is 2.41. The second-order valence-electron chi connectivity index (χ2n) is 5.19. The van der Waals surface area contributed by atoms with Crippen molar-refractivity contribution in [2.24, 2.45) is 0 Å². The van der Waals surface area contributed by atoms with E-state index >= 15 is 0 Å². The lowest BCUT2D eigenvalue weighted by atomic mass is 9.72. The number of esters is 1. The molecule has 0 saturated carbocycles. The second kappa shape index (κ2) is 7.22. The third-order valence-electron chi connectivity index (χ3n) is 3.92. The molecule has 0 aliphatic carbocycles. The van der Waals surface area contributed by atoms with Gasteiger partial charge in [0.05, 0.1) is 12.0 Å². The number of ether oxygens (including phenoxy) is 1. The van der Waals surface area contributed by atoms with Crippen LogP contribution in [0.3, 0.4) is 0 Å². The van der Waals surface area contributed by atoms with E-state index in [4.69, 9.17) is 4.74 Å². The average Bonchev–Trinajstić information content (AvgIpc) is 2.54. The van der Waals surface area contributed by atoms with Gasteiger partial charge in [-0.25, -0.2) is 0 Å². The summed E-state index contributed by atoms with van der Waals surface area (Å²) in [7, 11) is 0. The topological polar surface area (TPSA) is 67.4 Å². The molecular weight excluding hydrogens is 268 g/mol. The fourth-order valence-electron chi connectivity index (χ4n) is 2.79. The zero-order chi connectivity index (χ0) is 15.1. The van der Waals surface area contributed by atoms with Crippen LogP contribution in [0.5, 0.6) is 0 Å². The number of hydrogen-bond acceptors (Lipinski definition) is 4. The minimum absolute atomic E-state index is 0.0747. The maximum Gasteiger partial charge on any atom is 0.325 e. The Hall–Kier alpha value is -1.88. The van der Waals surface area contributed by atoms with E-state index in [1.165, 1.54) is 0 Å². The summed E-state index contributed by atoms with van der Waals surface area (Å²) >= 11 is 0. The number of carbonyl (C=O) groups is 2. The van der Waals surface area contributed by atoms with Crippen molar-refractivity contribution in [1.82, 2.24) is 10.6 Å². The van der Waals surface area contributed by atoms with E-state index in [9.17, 15) is 9.59 Å². The molecule has 1 aromatic rings. The molecule has 2 N–H and O–H groups in total. The fraction of sp³-hybridized carbons (Fsp3) is 0.500. The Bertz CT molecular complexity index is 482. The van der Waals surface area contributed by atoms with Crippen molar-refractivity contribution >= 4 is 11.9 Å². The molecule has 1 aromatic carbocycles. The predicted molar refractivity (Wildman–Crippen MR) is 79.9 cm³/mol. The molecule has 0 radical (unpaired) electrons. The van der Waals surface area contributed by atoms with E-state index in [0.717, 1.165) is 31.5 Å². The lowest BCUT2D eigenvalue weighted by Crippen LogP contribution is -2.51. The number of hydrogen-bond donors (Lipinski definition) is 2. The molecule has 21 heavy (non-hydrogen) atoms. The maximum atomic E-state index is 12.7. The van der Waals surface area contributed by atoms with Crippen molar-refractivity contribution in [3.05, 3.63) is 35.9 Å². The van der Waals surface area contributed by atoms with Crippen molar-refractivity contribution in [2.45, 2.75) is 25.2 Å². The summed E-state index contributed by atoms with van der Waals surface area (Å²) in [4.78, 5) is 24.1. The molecule has 114 valence electrons. The molecule has 1 aliphatic heterocycles. The molecule has 5 heteroatoms. The van der Waals surface area contributed by atoms with E-state index in [1.54, 1.807) is 6.92 Å². The standard InChI is InChI=1S/C16H22N2O3/c1-2-21-14(19)12-18-15(20)16(8-10-17-11-9-16)13-6-4-3-5-7-13/h3-7,17H,2,8-12H2,1H3,(H,18,20). The zero-order valence-corrected chi connectivity index (χ0v) is 12.4. The van der Waals surface area contributed by atoms with Crippen molar-refractivity contribution in [3.63, 3.8) is 0 Å². The fourth-order valence-corrected chi connectivity index (χ4v) is 2.79. The van der Waals surface area contributed by atoms with Gasteiger partial charge in [0.2, 0.25) is 5.91 Å². The van der Waals surface area contributed by atoms with Gasteiger partial charge in [-0.1, -0.05) is 30.3 Å². The van der Waals surface area contributed by atoms with E-state index in [1.807, 2.05) is 30.3 Å². The molecule has 2 rings (SSSR count). The second-order valence-corrected chi connectivity index (χ2v) is 5.19. The molecule has 0 unspecified atom stereocenters. The summed E-state index contributed by atoms with van der Waals surface area (Å²) in [5.74, 6) is -0.494. The van der Waals surface area contributed by atoms with Gasteiger partial charge in [-0.3, -0.25) is 9.59 Å². The van der Waals surface area contributed by atoms with Crippen molar-refractivity contribution < 1.29 is 14.3 Å². The Labute approximate surface area is 125 Å². The number of nitrogens with one attached hydrogen (secondary N) is 2. The zero-order valence-electron chi connectivity index (χ0n) is 12.4. The first-order chi connectivity index (χ1) is 10.2. The van der Waals surface area contributed by atoms with Gasteiger partial charge in [0.15, 0.2) is 0 Å². The molecule has 1 aliphatic rings. The highest BCUT2D eigenvalue weighted by Crippen LogP contribution is 2.33. The van der Waals surface area contributed by atoms with Gasteiger partial charge in [-0.2, -0.15) is 0 Å².